The molecular weight excluding hydrogens is 364 g/mol. The average molecular weight is 382 g/mol. The summed E-state index contributed by atoms with van der Waals surface area (Å²) in [6.07, 6.45) is 6.68. The molecule has 2 aliphatic carbocycles. The van der Waals surface area contributed by atoms with Crippen molar-refractivity contribution in [3.05, 3.63) is 75.7 Å². The molecule has 0 saturated carbocycles. The van der Waals surface area contributed by atoms with Crippen LogP contribution in [0.2, 0.25) is 0 Å². The molecule has 0 unspecified atom stereocenters. The molecule has 1 heterocycles. The van der Waals surface area contributed by atoms with E-state index in [4.69, 9.17) is 4.42 Å². The predicted molar refractivity (Wildman–Crippen MR) is 111 cm³/mol. The number of phenolic OH excluding ortho intramolecular Hbond substituents is 1. The van der Waals surface area contributed by atoms with E-state index in [1.54, 1.807) is 31.2 Å². The van der Waals surface area contributed by atoms with E-state index in [1.165, 1.54) is 0 Å². The molecule has 1 aromatic heterocycles. The molecule has 0 amide bonds. The van der Waals surface area contributed by atoms with E-state index in [9.17, 15) is 14.7 Å². The molecule has 0 spiro atoms. The van der Waals surface area contributed by atoms with Crippen molar-refractivity contribution in [1.82, 2.24) is 0 Å². The molecule has 0 saturated heterocycles. The van der Waals surface area contributed by atoms with Gasteiger partial charge in [-0.25, -0.2) is 0 Å². The standard InChI is InChI=1S/C25H18O4/c1-13-5-3-4-6-18-17(13)11-12-19-21(18)23(28)22(27)20-14(2)24(29-25(19)20)15-7-9-16(26)10-8-15/h3-4,6-12,26H,5H2,1-2H3. The Labute approximate surface area is 167 Å². The van der Waals surface area contributed by atoms with Crippen molar-refractivity contribution < 1.29 is 19.1 Å². The summed E-state index contributed by atoms with van der Waals surface area (Å²) < 4.78 is 6.16. The van der Waals surface area contributed by atoms with Crippen molar-refractivity contribution in [1.29, 1.82) is 0 Å². The molecule has 3 aromatic rings. The van der Waals surface area contributed by atoms with Gasteiger partial charge in [0.05, 0.1) is 5.56 Å². The molecule has 0 bridgehead atoms. The van der Waals surface area contributed by atoms with Crippen LogP contribution in [0.3, 0.4) is 0 Å². The average Bonchev–Trinajstić information content (AvgIpc) is 2.94. The zero-order valence-electron chi connectivity index (χ0n) is 16.1. The van der Waals surface area contributed by atoms with Crippen LogP contribution in [0.4, 0.5) is 0 Å². The molecule has 4 heteroatoms. The van der Waals surface area contributed by atoms with Gasteiger partial charge in [0.25, 0.3) is 0 Å². The molecule has 4 nitrogen and oxygen atoms in total. The number of fused-ring (bicyclic) bond motifs is 5. The molecule has 29 heavy (non-hydrogen) atoms. The van der Waals surface area contributed by atoms with Crippen molar-refractivity contribution >= 4 is 23.2 Å². The van der Waals surface area contributed by atoms with E-state index in [-0.39, 0.29) is 5.75 Å². The first-order valence-corrected chi connectivity index (χ1v) is 9.49. The van der Waals surface area contributed by atoms with Crippen molar-refractivity contribution in [3.63, 3.8) is 0 Å². The number of hydrogen-bond acceptors (Lipinski definition) is 4. The number of furan rings is 1. The van der Waals surface area contributed by atoms with Crippen LogP contribution in [0, 0.1) is 6.92 Å². The normalized spacial score (nSPS) is 14.8. The zero-order valence-corrected chi connectivity index (χ0v) is 16.1. The fourth-order valence-corrected chi connectivity index (χ4v) is 4.21. The highest BCUT2D eigenvalue weighted by Gasteiger charge is 2.37. The van der Waals surface area contributed by atoms with E-state index < -0.39 is 11.6 Å². The third kappa shape index (κ3) is 2.46. The molecule has 2 aliphatic rings. The number of hydrogen-bond donors (Lipinski definition) is 1. The zero-order chi connectivity index (χ0) is 20.3. The van der Waals surface area contributed by atoms with Crippen LogP contribution in [-0.2, 0) is 0 Å². The van der Waals surface area contributed by atoms with E-state index >= 15 is 0 Å². The summed E-state index contributed by atoms with van der Waals surface area (Å²) in [5, 5.41) is 11.3. The Hall–Kier alpha value is -3.66. The Balaban J connectivity index is 1.85. The summed E-state index contributed by atoms with van der Waals surface area (Å²) in [5.74, 6) is 0.0892. The maximum absolute atomic E-state index is 13.1. The molecule has 0 fully saturated rings. The van der Waals surface area contributed by atoms with Crippen LogP contribution in [0.25, 0.3) is 34.3 Å². The molecular formula is C25H18O4. The van der Waals surface area contributed by atoms with Crippen LogP contribution < -0.4 is 10.4 Å². The highest BCUT2D eigenvalue weighted by Crippen LogP contribution is 2.41. The molecule has 0 aliphatic heterocycles. The van der Waals surface area contributed by atoms with Gasteiger partial charge in [-0.05, 0) is 61.0 Å². The Morgan fingerprint density at radius 1 is 0.897 bits per heavy atom. The first kappa shape index (κ1) is 17.4. The second-order valence-electron chi connectivity index (χ2n) is 7.49. The number of benzene rings is 2. The summed E-state index contributed by atoms with van der Waals surface area (Å²) in [7, 11) is 0. The second-order valence-corrected chi connectivity index (χ2v) is 7.49. The van der Waals surface area contributed by atoms with Gasteiger partial charge in [0.2, 0.25) is 11.6 Å². The Morgan fingerprint density at radius 2 is 1.62 bits per heavy atom. The van der Waals surface area contributed by atoms with Crippen molar-refractivity contribution in [2.75, 3.05) is 0 Å². The van der Waals surface area contributed by atoms with E-state index in [0.29, 0.717) is 33.8 Å². The monoisotopic (exact) mass is 382 g/mol. The van der Waals surface area contributed by atoms with Crippen molar-refractivity contribution in [2.45, 2.75) is 20.3 Å². The molecule has 142 valence electrons. The highest BCUT2D eigenvalue weighted by molar-refractivity contribution is 6.53. The highest BCUT2D eigenvalue weighted by atomic mass is 16.3. The maximum Gasteiger partial charge on any atom is 0.237 e. The summed E-state index contributed by atoms with van der Waals surface area (Å²) in [6.45, 7) is 3.83. The molecule has 0 atom stereocenters. The van der Waals surface area contributed by atoms with E-state index in [0.717, 1.165) is 28.0 Å². The number of allylic oxidation sites excluding steroid dienone is 2. The van der Waals surface area contributed by atoms with Gasteiger partial charge < -0.3 is 9.52 Å². The molecule has 2 aromatic carbocycles. The Morgan fingerprint density at radius 3 is 2.38 bits per heavy atom. The molecule has 5 rings (SSSR count). The third-order valence-corrected chi connectivity index (χ3v) is 5.71. The van der Waals surface area contributed by atoms with E-state index in [1.807, 2.05) is 37.3 Å². The summed E-state index contributed by atoms with van der Waals surface area (Å²) in [6, 6.07) is 10.5. The van der Waals surface area contributed by atoms with Crippen LogP contribution in [-0.4, -0.2) is 16.7 Å². The first-order chi connectivity index (χ1) is 14.0. The topological polar surface area (TPSA) is 67.5 Å². The summed E-state index contributed by atoms with van der Waals surface area (Å²) >= 11 is 0. The Kier molecular flexibility index (Phi) is 3.71. The maximum atomic E-state index is 13.1. The van der Waals surface area contributed by atoms with Gasteiger partial charge in [-0.2, -0.15) is 0 Å². The number of Topliss-reactive ketones (excluding diaryl/α,β-unsaturated/α-hetero) is 2. The minimum absolute atomic E-state index is 0.150. The lowest BCUT2D eigenvalue weighted by molar-refractivity contribution is 0.0813. The van der Waals surface area contributed by atoms with Crippen molar-refractivity contribution in [3.8, 4) is 28.4 Å². The quantitative estimate of drug-likeness (QED) is 0.648. The predicted octanol–water partition coefficient (Wildman–Crippen LogP) is 3.92. The van der Waals surface area contributed by atoms with Crippen LogP contribution in [0.15, 0.2) is 53.0 Å². The lowest BCUT2D eigenvalue weighted by Gasteiger charge is -2.15. The summed E-state index contributed by atoms with van der Waals surface area (Å²) in [4.78, 5) is 26.2. The number of carbonyl (C=O) groups is 2. The van der Waals surface area contributed by atoms with Gasteiger partial charge in [-0.1, -0.05) is 29.9 Å². The number of rotatable bonds is 1. The number of ketones is 2. The van der Waals surface area contributed by atoms with Crippen LogP contribution in [0.5, 0.6) is 5.75 Å². The lowest BCUT2D eigenvalue weighted by Crippen LogP contribution is -2.36. The van der Waals surface area contributed by atoms with Gasteiger partial charge in [0.15, 0.2) is 0 Å². The second kappa shape index (κ2) is 6.17. The summed E-state index contributed by atoms with van der Waals surface area (Å²) in [5.41, 5.74) is 3.92. The van der Waals surface area contributed by atoms with Gasteiger partial charge in [-0.15, -0.1) is 0 Å². The van der Waals surface area contributed by atoms with Gasteiger partial charge in [-0.3, -0.25) is 9.59 Å². The third-order valence-electron chi connectivity index (χ3n) is 5.71. The van der Waals surface area contributed by atoms with Crippen LogP contribution >= 0.6 is 0 Å². The SMILES string of the molecule is CC1=c2ccc3c(c2=CC=CC1)C(=O)C(=O)c1c-3oc(-c2ccc(O)cc2)c1C. The lowest BCUT2D eigenvalue weighted by atomic mass is 9.84. The van der Waals surface area contributed by atoms with Crippen LogP contribution in [0.1, 0.15) is 39.6 Å². The van der Waals surface area contributed by atoms with Gasteiger partial charge in [0, 0.05) is 22.3 Å². The van der Waals surface area contributed by atoms with Crippen molar-refractivity contribution in [2.24, 2.45) is 0 Å². The number of carbonyl (C=O) groups excluding carboxylic acids is 2. The molecule has 1 N–H and O–H groups in total. The minimum atomic E-state index is -0.536. The minimum Gasteiger partial charge on any atom is -0.508 e. The fraction of sp³-hybridized carbons (Fsp3) is 0.120. The fourth-order valence-electron chi connectivity index (χ4n) is 4.21. The smallest absolute Gasteiger partial charge is 0.237 e. The largest absolute Gasteiger partial charge is 0.508 e. The number of phenols is 1. The Bertz CT molecular complexity index is 1370. The van der Waals surface area contributed by atoms with E-state index in [2.05, 4.69) is 0 Å². The van der Waals surface area contributed by atoms with Gasteiger partial charge in [0.1, 0.15) is 17.3 Å². The first-order valence-electron chi connectivity index (χ1n) is 9.49. The molecule has 0 radical (unpaired) electrons. The van der Waals surface area contributed by atoms with Gasteiger partial charge >= 0.3 is 0 Å². The number of aromatic hydroxyl groups is 1.